The summed E-state index contributed by atoms with van der Waals surface area (Å²) in [4.78, 5) is 8.68. The summed E-state index contributed by atoms with van der Waals surface area (Å²) in [5, 5.41) is 0. The van der Waals surface area contributed by atoms with Crippen LogP contribution < -0.4 is 5.73 Å². The third-order valence-corrected chi connectivity index (χ3v) is 2.88. The Morgan fingerprint density at radius 3 is 2.89 bits per heavy atom. The standard InChI is InChI=1S/C13H11FN4/c1-18-12(9-7-8(14)4-5-10(9)15)17-11-3-2-6-16-13(11)18/h2-7H,15H2,1H3. The third-order valence-electron chi connectivity index (χ3n) is 2.88. The van der Waals surface area contributed by atoms with Gasteiger partial charge in [0.2, 0.25) is 0 Å². The predicted octanol–water partition coefficient (Wildman–Crippen LogP) is 2.36. The predicted molar refractivity (Wildman–Crippen MR) is 68.3 cm³/mol. The van der Waals surface area contributed by atoms with Crippen LogP contribution in [0.3, 0.4) is 0 Å². The molecule has 2 heterocycles. The molecule has 5 heteroatoms. The molecule has 0 atom stereocenters. The van der Waals surface area contributed by atoms with Crippen LogP contribution >= 0.6 is 0 Å². The van der Waals surface area contributed by atoms with Crippen molar-refractivity contribution in [3.05, 3.63) is 42.3 Å². The van der Waals surface area contributed by atoms with Gasteiger partial charge in [-0.25, -0.2) is 14.4 Å². The highest BCUT2D eigenvalue weighted by atomic mass is 19.1. The molecule has 4 nitrogen and oxygen atoms in total. The van der Waals surface area contributed by atoms with Gasteiger partial charge in [0.05, 0.1) is 0 Å². The number of anilines is 1. The highest BCUT2D eigenvalue weighted by molar-refractivity contribution is 5.81. The molecule has 0 saturated carbocycles. The van der Waals surface area contributed by atoms with E-state index in [0.717, 1.165) is 11.2 Å². The molecule has 0 bridgehead atoms. The number of benzene rings is 1. The van der Waals surface area contributed by atoms with Crippen LogP contribution in [-0.4, -0.2) is 14.5 Å². The molecule has 0 aliphatic carbocycles. The van der Waals surface area contributed by atoms with Gasteiger partial charge in [-0.15, -0.1) is 0 Å². The SMILES string of the molecule is Cn1c(-c2cc(F)ccc2N)nc2cccnc21. The van der Waals surface area contributed by atoms with E-state index in [-0.39, 0.29) is 5.82 Å². The molecule has 0 fully saturated rings. The van der Waals surface area contributed by atoms with Gasteiger partial charge in [-0.1, -0.05) is 0 Å². The molecule has 0 unspecified atom stereocenters. The van der Waals surface area contributed by atoms with Crippen LogP contribution in [-0.2, 0) is 7.05 Å². The Hall–Kier alpha value is -2.43. The zero-order valence-electron chi connectivity index (χ0n) is 9.76. The fourth-order valence-corrected chi connectivity index (χ4v) is 1.99. The van der Waals surface area contributed by atoms with Crippen LogP contribution in [0, 0.1) is 5.82 Å². The van der Waals surface area contributed by atoms with Gasteiger partial charge in [0.25, 0.3) is 0 Å². The van der Waals surface area contributed by atoms with E-state index in [1.54, 1.807) is 10.8 Å². The first-order valence-corrected chi connectivity index (χ1v) is 5.49. The van der Waals surface area contributed by atoms with Crippen molar-refractivity contribution >= 4 is 16.9 Å². The molecule has 2 N–H and O–H groups in total. The van der Waals surface area contributed by atoms with Crippen LogP contribution in [0.5, 0.6) is 0 Å². The fraction of sp³-hybridized carbons (Fsp3) is 0.0769. The van der Waals surface area contributed by atoms with Crippen LogP contribution in [0.4, 0.5) is 10.1 Å². The number of imidazole rings is 1. The Bertz CT molecular complexity index is 733. The van der Waals surface area contributed by atoms with Gasteiger partial charge in [-0.05, 0) is 30.3 Å². The molecule has 0 radical (unpaired) electrons. The van der Waals surface area contributed by atoms with E-state index in [1.165, 1.54) is 18.2 Å². The van der Waals surface area contributed by atoms with Gasteiger partial charge in [0.1, 0.15) is 17.2 Å². The van der Waals surface area contributed by atoms with E-state index in [4.69, 9.17) is 5.73 Å². The maximum absolute atomic E-state index is 13.3. The highest BCUT2D eigenvalue weighted by Crippen LogP contribution is 2.27. The van der Waals surface area contributed by atoms with Crippen molar-refractivity contribution in [3.63, 3.8) is 0 Å². The van der Waals surface area contributed by atoms with E-state index in [0.29, 0.717) is 17.1 Å². The summed E-state index contributed by atoms with van der Waals surface area (Å²) in [7, 11) is 1.84. The lowest BCUT2D eigenvalue weighted by Gasteiger charge is -2.05. The van der Waals surface area contributed by atoms with Crippen LogP contribution in [0.25, 0.3) is 22.6 Å². The number of aryl methyl sites for hydroxylation is 1. The maximum Gasteiger partial charge on any atom is 0.159 e. The van der Waals surface area contributed by atoms with Gasteiger partial charge < -0.3 is 10.3 Å². The summed E-state index contributed by atoms with van der Waals surface area (Å²) in [6.07, 6.45) is 1.70. The van der Waals surface area contributed by atoms with Gasteiger partial charge in [0.15, 0.2) is 5.65 Å². The molecular weight excluding hydrogens is 231 g/mol. The van der Waals surface area contributed by atoms with Crippen molar-refractivity contribution in [2.75, 3.05) is 5.73 Å². The minimum atomic E-state index is -0.334. The number of pyridine rings is 1. The smallest absolute Gasteiger partial charge is 0.159 e. The number of rotatable bonds is 1. The van der Waals surface area contributed by atoms with Gasteiger partial charge in [0, 0.05) is 24.5 Å². The normalized spacial score (nSPS) is 11.0. The Morgan fingerprint density at radius 2 is 2.11 bits per heavy atom. The molecule has 0 saturated heterocycles. The first kappa shape index (κ1) is 10.7. The number of aromatic nitrogens is 3. The van der Waals surface area contributed by atoms with E-state index < -0.39 is 0 Å². The van der Waals surface area contributed by atoms with Crippen molar-refractivity contribution < 1.29 is 4.39 Å². The number of halogens is 1. The summed E-state index contributed by atoms with van der Waals surface area (Å²) in [5.41, 5.74) is 8.46. The Balaban J connectivity index is 2.31. The summed E-state index contributed by atoms with van der Waals surface area (Å²) >= 11 is 0. The van der Waals surface area contributed by atoms with Gasteiger partial charge >= 0.3 is 0 Å². The van der Waals surface area contributed by atoms with Crippen molar-refractivity contribution in [2.24, 2.45) is 7.05 Å². The third kappa shape index (κ3) is 1.52. The zero-order chi connectivity index (χ0) is 12.7. The topological polar surface area (TPSA) is 56.7 Å². The molecule has 0 amide bonds. The quantitative estimate of drug-likeness (QED) is 0.666. The minimum absolute atomic E-state index is 0.334. The van der Waals surface area contributed by atoms with Crippen LogP contribution in [0.15, 0.2) is 36.5 Å². The van der Waals surface area contributed by atoms with E-state index >= 15 is 0 Å². The molecule has 3 aromatic rings. The van der Waals surface area contributed by atoms with E-state index in [9.17, 15) is 4.39 Å². The molecule has 0 aliphatic heterocycles. The molecule has 18 heavy (non-hydrogen) atoms. The summed E-state index contributed by atoms with van der Waals surface area (Å²) in [6, 6.07) is 7.93. The van der Waals surface area contributed by atoms with Crippen LogP contribution in [0.2, 0.25) is 0 Å². The lowest BCUT2D eigenvalue weighted by atomic mass is 10.1. The van der Waals surface area contributed by atoms with Gasteiger partial charge in [-0.3, -0.25) is 0 Å². The zero-order valence-corrected chi connectivity index (χ0v) is 9.76. The first-order valence-electron chi connectivity index (χ1n) is 5.49. The molecule has 0 spiro atoms. The summed E-state index contributed by atoms with van der Waals surface area (Å²) in [5.74, 6) is 0.278. The fourth-order valence-electron chi connectivity index (χ4n) is 1.99. The van der Waals surface area contributed by atoms with E-state index in [1.807, 2.05) is 19.2 Å². The monoisotopic (exact) mass is 242 g/mol. The minimum Gasteiger partial charge on any atom is -0.398 e. The Morgan fingerprint density at radius 1 is 1.28 bits per heavy atom. The average molecular weight is 242 g/mol. The lowest BCUT2D eigenvalue weighted by molar-refractivity contribution is 0.628. The Kier molecular flexibility index (Phi) is 2.26. The lowest BCUT2D eigenvalue weighted by Crippen LogP contribution is -1.98. The molecule has 0 aliphatic rings. The summed E-state index contributed by atoms with van der Waals surface area (Å²) < 4.78 is 15.1. The van der Waals surface area contributed by atoms with Crippen molar-refractivity contribution in [2.45, 2.75) is 0 Å². The van der Waals surface area contributed by atoms with Crippen molar-refractivity contribution in [1.82, 2.24) is 14.5 Å². The van der Waals surface area contributed by atoms with Crippen LogP contribution in [0.1, 0.15) is 0 Å². The first-order chi connectivity index (χ1) is 8.66. The molecule has 2 aromatic heterocycles. The van der Waals surface area contributed by atoms with Crippen molar-refractivity contribution in [3.8, 4) is 11.4 Å². The molecule has 1 aromatic carbocycles. The second kappa shape index (κ2) is 3.80. The number of hydrogen-bond donors (Lipinski definition) is 1. The highest BCUT2D eigenvalue weighted by Gasteiger charge is 2.13. The number of hydrogen-bond acceptors (Lipinski definition) is 3. The number of nitrogens with zero attached hydrogens (tertiary/aromatic N) is 3. The van der Waals surface area contributed by atoms with Crippen molar-refractivity contribution in [1.29, 1.82) is 0 Å². The molecule has 90 valence electrons. The second-order valence-corrected chi connectivity index (χ2v) is 4.07. The maximum atomic E-state index is 13.3. The van der Waals surface area contributed by atoms with Gasteiger partial charge in [-0.2, -0.15) is 0 Å². The Labute approximate surface area is 103 Å². The number of fused-ring (bicyclic) bond motifs is 1. The second-order valence-electron chi connectivity index (χ2n) is 4.07. The van der Waals surface area contributed by atoms with E-state index in [2.05, 4.69) is 9.97 Å². The summed E-state index contributed by atoms with van der Waals surface area (Å²) in [6.45, 7) is 0. The number of nitrogens with two attached hydrogens (primary N) is 1. The molecular formula is C13H11FN4. The largest absolute Gasteiger partial charge is 0.398 e. The molecule has 3 rings (SSSR count). The number of nitrogen functional groups attached to an aromatic ring is 1. The average Bonchev–Trinajstić information content (AvgIpc) is 2.71.